The summed E-state index contributed by atoms with van der Waals surface area (Å²) in [6.07, 6.45) is -2.52. The molecule has 0 spiro atoms. The maximum Gasteiger partial charge on any atom is 0.420 e. The van der Waals surface area contributed by atoms with Crippen LogP contribution in [-0.2, 0) is 4.74 Å². The number of rotatable bonds is 1. The summed E-state index contributed by atoms with van der Waals surface area (Å²) < 4.78 is 30.3. The van der Waals surface area contributed by atoms with Gasteiger partial charge in [-0.25, -0.2) is 23.3 Å². The number of cyclic esters (lactones) is 1. The summed E-state index contributed by atoms with van der Waals surface area (Å²) >= 11 is 0. The second-order valence-corrected chi connectivity index (χ2v) is 3.42. The van der Waals surface area contributed by atoms with Gasteiger partial charge in [-0.15, -0.1) is 0 Å². The lowest BCUT2D eigenvalue weighted by Crippen LogP contribution is -2.32. The molecule has 1 N–H and O–H groups in total. The summed E-state index contributed by atoms with van der Waals surface area (Å²) in [6, 6.07) is 1.97. The number of imide groups is 1. The van der Waals surface area contributed by atoms with Crippen molar-refractivity contribution in [2.75, 3.05) is 6.61 Å². The number of halogens is 2. The molecule has 1 aromatic carbocycles. The number of carboxylic acid groups (broad SMARTS) is 1. The zero-order valence-corrected chi connectivity index (χ0v) is 8.39. The standard InChI is InChI=1S/C10H7F2NO4/c11-6-2-1-5(3-7(6)12)8-4-17-10(16)13(8)9(14)15/h1-3,8H,4H2,(H,14,15)/t8-/m0/s1. The first kappa shape index (κ1) is 11.3. The van der Waals surface area contributed by atoms with Crippen molar-refractivity contribution in [3.63, 3.8) is 0 Å². The van der Waals surface area contributed by atoms with Gasteiger partial charge in [0.15, 0.2) is 11.6 Å². The number of carbonyl (C=O) groups excluding carboxylic acids is 1. The zero-order valence-electron chi connectivity index (χ0n) is 8.39. The molecule has 1 aliphatic rings. The number of amides is 2. The van der Waals surface area contributed by atoms with Crippen molar-refractivity contribution in [1.82, 2.24) is 4.90 Å². The summed E-state index contributed by atoms with van der Waals surface area (Å²) in [7, 11) is 0. The van der Waals surface area contributed by atoms with Crippen molar-refractivity contribution in [2.45, 2.75) is 6.04 Å². The van der Waals surface area contributed by atoms with Crippen LogP contribution in [0.15, 0.2) is 18.2 Å². The molecular formula is C10H7F2NO4. The highest BCUT2D eigenvalue weighted by Crippen LogP contribution is 2.28. The number of hydrogen-bond donors (Lipinski definition) is 1. The van der Waals surface area contributed by atoms with Crippen molar-refractivity contribution < 1.29 is 28.2 Å². The molecule has 7 heteroatoms. The first-order valence-corrected chi connectivity index (χ1v) is 4.64. The molecular weight excluding hydrogens is 236 g/mol. The fourth-order valence-electron chi connectivity index (χ4n) is 1.60. The zero-order chi connectivity index (χ0) is 12.6. The molecule has 2 rings (SSSR count). The van der Waals surface area contributed by atoms with Gasteiger partial charge in [-0.1, -0.05) is 6.07 Å². The van der Waals surface area contributed by atoms with E-state index in [1.807, 2.05) is 0 Å². The minimum atomic E-state index is -1.50. The Morgan fingerprint density at radius 1 is 1.41 bits per heavy atom. The molecule has 1 saturated heterocycles. The number of hydrogen-bond acceptors (Lipinski definition) is 3. The summed E-state index contributed by atoms with van der Waals surface area (Å²) in [5.74, 6) is -2.15. The fourth-order valence-corrected chi connectivity index (χ4v) is 1.60. The molecule has 90 valence electrons. The van der Waals surface area contributed by atoms with E-state index in [0.29, 0.717) is 4.90 Å². The van der Waals surface area contributed by atoms with Crippen LogP contribution in [0.25, 0.3) is 0 Å². The van der Waals surface area contributed by atoms with Gasteiger partial charge >= 0.3 is 12.2 Å². The van der Waals surface area contributed by atoms with E-state index >= 15 is 0 Å². The van der Waals surface area contributed by atoms with Crippen LogP contribution in [0.3, 0.4) is 0 Å². The molecule has 0 aromatic heterocycles. The van der Waals surface area contributed by atoms with E-state index in [1.54, 1.807) is 0 Å². The Hall–Kier alpha value is -2.18. The molecule has 1 atom stereocenters. The maximum absolute atomic E-state index is 13.0. The third kappa shape index (κ3) is 1.91. The van der Waals surface area contributed by atoms with E-state index < -0.39 is 29.9 Å². The Morgan fingerprint density at radius 3 is 2.71 bits per heavy atom. The summed E-state index contributed by atoms with van der Waals surface area (Å²) in [6.45, 7) is -0.212. The molecule has 0 bridgehead atoms. The van der Waals surface area contributed by atoms with Gasteiger partial charge < -0.3 is 9.84 Å². The van der Waals surface area contributed by atoms with Crippen LogP contribution >= 0.6 is 0 Å². The first-order valence-electron chi connectivity index (χ1n) is 4.64. The van der Waals surface area contributed by atoms with Crippen molar-refractivity contribution in [3.05, 3.63) is 35.4 Å². The number of nitrogens with zero attached hydrogens (tertiary/aromatic N) is 1. The van der Waals surface area contributed by atoms with Crippen molar-refractivity contribution in [3.8, 4) is 0 Å². The summed E-state index contributed by atoms with van der Waals surface area (Å²) in [4.78, 5) is 22.3. The van der Waals surface area contributed by atoms with E-state index in [9.17, 15) is 18.4 Å². The number of carbonyl (C=O) groups is 2. The van der Waals surface area contributed by atoms with E-state index in [2.05, 4.69) is 4.74 Å². The molecule has 5 nitrogen and oxygen atoms in total. The highest BCUT2D eigenvalue weighted by atomic mass is 19.2. The second-order valence-electron chi connectivity index (χ2n) is 3.42. The molecule has 1 heterocycles. The molecule has 0 unspecified atom stereocenters. The van der Waals surface area contributed by atoms with Crippen LogP contribution in [0.4, 0.5) is 18.4 Å². The smallest absolute Gasteiger partial charge is 0.420 e. The van der Waals surface area contributed by atoms with Crippen LogP contribution in [0, 0.1) is 11.6 Å². The van der Waals surface area contributed by atoms with E-state index in [4.69, 9.17) is 5.11 Å². The molecule has 0 aliphatic carbocycles. The first-order chi connectivity index (χ1) is 8.00. The van der Waals surface area contributed by atoms with E-state index in [-0.39, 0.29) is 12.2 Å². The molecule has 17 heavy (non-hydrogen) atoms. The van der Waals surface area contributed by atoms with Crippen molar-refractivity contribution in [1.29, 1.82) is 0 Å². The molecule has 1 aliphatic heterocycles. The Balaban J connectivity index is 2.36. The van der Waals surface area contributed by atoms with Gasteiger partial charge in [-0.3, -0.25) is 0 Å². The second kappa shape index (κ2) is 4.00. The minimum absolute atomic E-state index is 0.164. The normalized spacial score (nSPS) is 19.3. The van der Waals surface area contributed by atoms with Crippen LogP contribution in [-0.4, -0.2) is 28.8 Å². The average molecular weight is 243 g/mol. The lowest BCUT2D eigenvalue weighted by molar-refractivity contribution is 0.135. The minimum Gasteiger partial charge on any atom is -0.465 e. The maximum atomic E-state index is 13.0. The predicted molar refractivity (Wildman–Crippen MR) is 50.3 cm³/mol. The van der Waals surface area contributed by atoms with Gasteiger partial charge in [0.25, 0.3) is 0 Å². The monoisotopic (exact) mass is 243 g/mol. The van der Waals surface area contributed by atoms with Gasteiger partial charge in [0.1, 0.15) is 12.6 Å². The highest BCUT2D eigenvalue weighted by molar-refractivity contribution is 5.88. The van der Waals surface area contributed by atoms with Gasteiger partial charge in [0, 0.05) is 0 Å². The third-order valence-electron chi connectivity index (χ3n) is 2.41. The van der Waals surface area contributed by atoms with E-state index in [0.717, 1.165) is 12.1 Å². The lowest BCUT2D eigenvalue weighted by Gasteiger charge is -2.16. The van der Waals surface area contributed by atoms with Crippen LogP contribution < -0.4 is 0 Å². The largest absolute Gasteiger partial charge is 0.465 e. The van der Waals surface area contributed by atoms with Gasteiger partial charge in [-0.05, 0) is 17.7 Å². The topological polar surface area (TPSA) is 66.8 Å². The van der Waals surface area contributed by atoms with Gasteiger partial charge in [0.2, 0.25) is 0 Å². The molecule has 0 saturated carbocycles. The van der Waals surface area contributed by atoms with Crippen molar-refractivity contribution >= 4 is 12.2 Å². The number of ether oxygens (including phenoxy) is 1. The Bertz CT molecular complexity index is 491. The highest BCUT2D eigenvalue weighted by Gasteiger charge is 2.39. The van der Waals surface area contributed by atoms with Gasteiger partial charge in [0.05, 0.1) is 0 Å². The molecule has 2 amide bonds. The Kier molecular flexibility index (Phi) is 2.66. The molecule has 1 fully saturated rings. The fraction of sp³-hybridized carbons (Fsp3) is 0.200. The van der Waals surface area contributed by atoms with E-state index in [1.165, 1.54) is 6.07 Å². The lowest BCUT2D eigenvalue weighted by atomic mass is 10.1. The molecule has 0 radical (unpaired) electrons. The third-order valence-corrected chi connectivity index (χ3v) is 2.41. The average Bonchev–Trinajstić information content (AvgIpc) is 2.64. The summed E-state index contributed by atoms with van der Waals surface area (Å²) in [5, 5.41) is 8.80. The Morgan fingerprint density at radius 2 is 2.12 bits per heavy atom. The SMILES string of the molecule is O=C(O)N1C(=O)OC[C@H]1c1ccc(F)c(F)c1. The Labute approximate surface area is 94.2 Å². The van der Waals surface area contributed by atoms with Crippen LogP contribution in [0.1, 0.15) is 11.6 Å². The summed E-state index contributed by atoms with van der Waals surface area (Å²) in [5.41, 5.74) is 0.164. The molecule has 1 aromatic rings. The number of benzene rings is 1. The van der Waals surface area contributed by atoms with Crippen LogP contribution in [0.2, 0.25) is 0 Å². The predicted octanol–water partition coefficient (Wildman–Crippen LogP) is 2.14. The van der Waals surface area contributed by atoms with Gasteiger partial charge in [-0.2, -0.15) is 0 Å². The van der Waals surface area contributed by atoms with Crippen molar-refractivity contribution in [2.24, 2.45) is 0 Å². The quantitative estimate of drug-likeness (QED) is 0.820. The van der Waals surface area contributed by atoms with Crippen LogP contribution in [0.5, 0.6) is 0 Å².